The lowest BCUT2D eigenvalue weighted by Crippen LogP contribution is -2.47. The molecular weight excluding hydrogens is 220 g/mol. The monoisotopic (exact) mass is 240 g/mol. The van der Waals surface area contributed by atoms with Crippen LogP contribution in [-0.2, 0) is 9.59 Å². The second kappa shape index (κ2) is 5.04. The molecule has 0 aliphatic heterocycles. The molecule has 2 aliphatic rings. The molecule has 2 aliphatic carbocycles. The van der Waals surface area contributed by atoms with Crippen LogP contribution < -0.4 is 10.6 Å². The lowest BCUT2D eigenvalue weighted by atomic mass is 9.84. The Morgan fingerprint density at radius 1 is 1.29 bits per heavy atom. The fourth-order valence-corrected chi connectivity index (χ4v) is 3.41. The van der Waals surface area contributed by atoms with E-state index >= 15 is 0 Å². The zero-order chi connectivity index (χ0) is 12.4. The van der Waals surface area contributed by atoms with Gasteiger partial charge in [0.05, 0.1) is 12.5 Å². The summed E-state index contributed by atoms with van der Waals surface area (Å²) in [5.74, 6) is -0.326. The minimum absolute atomic E-state index is 0.0196. The number of carboxylic acids is 1. The van der Waals surface area contributed by atoms with Crippen molar-refractivity contribution in [2.45, 2.75) is 32.2 Å². The molecule has 0 saturated heterocycles. The maximum absolute atomic E-state index is 11.4. The number of hydrogen-bond donors (Lipinski definition) is 3. The molecule has 3 N–H and O–H groups in total. The molecule has 0 aromatic rings. The predicted molar refractivity (Wildman–Crippen MR) is 62.4 cm³/mol. The third-order valence-corrected chi connectivity index (χ3v) is 4.07. The van der Waals surface area contributed by atoms with Crippen molar-refractivity contribution in [3.8, 4) is 0 Å². The Balaban J connectivity index is 1.90. The molecule has 2 fully saturated rings. The number of carboxylic acid groups (broad SMARTS) is 1. The summed E-state index contributed by atoms with van der Waals surface area (Å²) in [4.78, 5) is 22.6. The van der Waals surface area contributed by atoms with Gasteiger partial charge in [-0.2, -0.15) is 0 Å². The summed E-state index contributed by atoms with van der Waals surface area (Å²) in [6, 6.07) is -0.0196. The van der Waals surface area contributed by atoms with Gasteiger partial charge < -0.3 is 15.7 Å². The Kier molecular flexibility index (Phi) is 3.66. The molecule has 0 aromatic heterocycles. The van der Waals surface area contributed by atoms with Gasteiger partial charge in [-0.1, -0.05) is 0 Å². The highest BCUT2D eigenvalue weighted by molar-refractivity contribution is 5.78. The Hall–Kier alpha value is -1.10. The lowest BCUT2D eigenvalue weighted by molar-refractivity contribution is -0.144. The average molecular weight is 240 g/mol. The van der Waals surface area contributed by atoms with Gasteiger partial charge in [0.2, 0.25) is 5.91 Å². The van der Waals surface area contributed by atoms with Crippen LogP contribution in [0.25, 0.3) is 0 Å². The molecule has 2 rings (SSSR count). The second-order valence-corrected chi connectivity index (χ2v) is 5.06. The van der Waals surface area contributed by atoms with Crippen LogP contribution in [0.2, 0.25) is 0 Å². The number of fused-ring (bicyclic) bond motifs is 2. The molecule has 17 heavy (non-hydrogen) atoms. The summed E-state index contributed by atoms with van der Waals surface area (Å²) in [6.07, 6.45) is 3.13. The molecule has 96 valence electrons. The standard InChI is InChI=1S/C12H20N2O3/c1-2-13-9(15)6-14-11-8-4-3-7(5-8)10(11)12(16)17/h7-8,10-11,14H,2-6H2,1H3,(H,13,15)(H,16,17). The second-order valence-electron chi connectivity index (χ2n) is 5.06. The summed E-state index contributed by atoms with van der Waals surface area (Å²) in [5.41, 5.74) is 0. The summed E-state index contributed by atoms with van der Waals surface area (Å²) in [7, 11) is 0. The predicted octanol–water partition coefficient (Wildman–Crippen LogP) is 0.211. The number of carbonyl (C=O) groups is 2. The Bertz CT molecular complexity index is 319. The van der Waals surface area contributed by atoms with E-state index in [0.717, 1.165) is 19.3 Å². The zero-order valence-electron chi connectivity index (χ0n) is 10.1. The van der Waals surface area contributed by atoms with Crippen molar-refractivity contribution in [2.24, 2.45) is 17.8 Å². The number of nitrogens with one attached hydrogen (secondary N) is 2. The van der Waals surface area contributed by atoms with E-state index in [1.54, 1.807) is 0 Å². The van der Waals surface area contributed by atoms with Crippen LogP contribution in [0.5, 0.6) is 0 Å². The van der Waals surface area contributed by atoms with E-state index in [1.807, 2.05) is 6.92 Å². The highest BCUT2D eigenvalue weighted by Gasteiger charge is 2.50. The van der Waals surface area contributed by atoms with Gasteiger partial charge in [0.25, 0.3) is 0 Å². The summed E-state index contributed by atoms with van der Waals surface area (Å²) in [6.45, 7) is 2.71. The maximum atomic E-state index is 11.4. The number of rotatable bonds is 5. The van der Waals surface area contributed by atoms with Crippen LogP contribution in [-0.4, -0.2) is 36.1 Å². The quantitative estimate of drug-likeness (QED) is 0.642. The minimum atomic E-state index is -0.717. The van der Waals surface area contributed by atoms with E-state index in [9.17, 15) is 14.7 Å². The van der Waals surface area contributed by atoms with Gasteiger partial charge >= 0.3 is 5.97 Å². The van der Waals surface area contributed by atoms with E-state index < -0.39 is 5.97 Å². The summed E-state index contributed by atoms with van der Waals surface area (Å²) < 4.78 is 0. The van der Waals surface area contributed by atoms with Gasteiger partial charge in [-0.3, -0.25) is 9.59 Å². The van der Waals surface area contributed by atoms with Crippen molar-refractivity contribution in [3.63, 3.8) is 0 Å². The van der Waals surface area contributed by atoms with Crippen molar-refractivity contribution in [1.82, 2.24) is 10.6 Å². The number of likely N-dealkylation sites (N-methyl/N-ethyl adjacent to an activating group) is 1. The Labute approximate surface area is 101 Å². The van der Waals surface area contributed by atoms with Crippen molar-refractivity contribution in [2.75, 3.05) is 13.1 Å². The molecule has 4 unspecified atom stereocenters. The van der Waals surface area contributed by atoms with Crippen molar-refractivity contribution in [1.29, 1.82) is 0 Å². The van der Waals surface area contributed by atoms with Crippen molar-refractivity contribution >= 4 is 11.9 Å². The maximum Gasteiger partial charge on any atom is 0.308 e. The van der Waals surface area contributed by atoms with E-state index in [2.05, 4.69) is 10.6 Å². The summed E-state index contributed by atoms with van der Waals surface area (Å²) >= 11 is 0. The molecule has 5 nitrogen and oxygen atoms in total. The Morgan fingerprint density at radius 2 is 2.00 bits per heavy atom. The largest absolute Gasteiger partial charge is 0.481 e. The number of carbonyl (C=O) groups excluding carboxylic acids is 1. The first-order chi connectivity index (χ1) is 8.13. The Morgan fingerprint density at radius 3 is 2.65 bits per heavy atom. The van der Waals surface area contributed by atoms with Gasteiger partial charge in [-0.05, 0) is 38.0 Å². The fourth-order valence-electron chi connectivity index (χ4n) is 3.41. The van der Waals surface area contributed by atoms with Crippen LogP contribution in [0.4, 0.5) is 0 Å². The highest BCUT2D eigenvalue weighted by atomic mass is 16.4. The molecule has 5 heteroatoms. The molecule has 0 heterocycles. The van der Waals surface area contributed by atoms with Crippen LogP contribution in [0.3, 0.4) is 0 Å². The first-order valence-electron chi connectivity index (χ1n) is 6.36. The van der Waals surface area contributed by atoms with Gasteiger partial charge in [0, 0.05) is 12.6 Å². The molecule has 2 bridgehead atoms. The number of aliphatic carboxylic acids is 1. The highest BCUT2D eigenvalue weighted by Crippen LogP contribution is 2.48. The number of amides is 1. The minimum Gasteiger partial charge on any atom is -0.481 e. The summed E-state index contributed by atoms with van der Waals surface area (Å²) in [5, 5.41) is 15.1. The number of hydrogen-bond acceptors (Lipinski definition) is 3. The topological polar surface area (TPSA) is 78.4 Å². The van der Waals surface area contributed by atoms with Gasteiger partial charge in [0.15, 0.2) is 0 Å². The van der Waals surface area contributed by atoms with E-state index in [4.69, 9.17) is 0 Å². The molecule has 2 saturated carbocycles. The molecular formula is C12H20N2O3. The molecule has 0 aromatic carbocycles. The van der Waals surface area contributed by atoms with Gasteiger partial charge in [-0.15, -0.1) is 0 Å². The molecule has 1 amide bonds. The SMILES string of the molecule is CCNC(=O)CNC1C2CCC(C2)C1C(=O)O. The third kappa shape index (κ3) is 2.44. The molecule has 4 atom stereocenters. The molecule has 0 radical (unpaired) electrons. The molecule has 0 spiro atoms. The fraction of sp³-hybridized carbons (Fsp3) is 0.833. The first kappa shape index (κ1) is 12.4. The lowest BCUT2D eigenvalue weighted by Gasteiger charge is -2.28. The van der Waals surface area contributed by atoms with E-state index in [-0.39, 0.29) is 24.4 Å². The smallest absolute Gasteiger partial charge is 0.308 e. The van der Waals surface area contributed by atoms with E-state index in [0.29, 0.717) is 18.4 Å². The third-order valence-electron chi connectivity index (χ3n) is 4.07. The van der Waals surface area contributed by atoms with Crippen LogP contribution >= 0.6 is 0 Å². The average Bonchev–Trinajstić information content (AvgIpc) is 2.86. The first-order valence-corrected chi connectivity index (χ1v) is 6.36. The normalized spacial score (nSPS) is 34.9. The van der Waals surface area contributed by atoms with Gasteiger partial charge in [0.1, 0.15) is 0 Å². The van der Waals surface area contributed by atoms with Crippen molar-refractivity contribution in [3.05, 3.63) is 0 Å². The van der Waals surface area contributed by atoms with Crippen LogP contribution in [0, 0.1) is 17.8 Å². The zero-order valence-corrected chi connectivity index (χ0v) is 10.1. The van der Waals surface area contributed by atoms with Gasteiger partial charge in [-0.25, -0.2) is 0 Å². The van der Waals surface area contributed by atoms with Crippen LogP contribution in [0.15, 0.2) is 0 Å². The van der Waals surface area contributed by atoms with Crippen LogP contribution in [0.1, 0.15) is 26.2 Å². The van der Waals surface area contributed by atoms with Crippen molar-refractivity contribution < 1.29 is 14.7 Å². The van der Waals surface area contributed by atoms with E-state index in [1.165, 1.54) is 0 Å².